The number of hydrogen-bond donors (Lipinski definition) is 1. The molecule has 2 fully saturated rings. The van der Waals surface area contributed by atoms with Gasteiger partial charge in [-0.2, -0.15) is 4.31 Å². The molecule has 0 radical (unpaired) electrons. The molecule has 5 rings (SSSR count). The number of nitrogens with one attached hydrogen (secondary N) is 1. The van der Waals surface area contributed by atoms with E-state index in [2.05, 4.69) is 26.0 Å². The molecule has 0 bridgehead atoms. The van der Waals surface area contributed by atoms with Crippen LogP contribution in [-0.4, -0.2) is 57.0 Å². The molecule has 4 heterocycles. The first-order valence-corrected chi connectivity index (χ1v) is 14.5. The molecule has 2 aromatic heterocycles. The van der Waals surface area contributed by atoms with Crippen molar-refractivity contribution >= 4 is 10.0 Å². The average Bonchev–Trinajstić information content (AvgIpc) is 3.66. The van der Waals surface area contributed by atoms with Gasteiger partial charge in [-0.05, 0) is 78.0 Å². The summed E-state index contributed by atoms with van der Waals surface area (Å²) in [6.07, 6.45) is 14.4. The number of rotatable bonds is 8. The van der Waals surface area contributed by atoms with E-state index in [9.17, 15) is 8.42 Å². The Bertz CT molecular complexity index is 1200. The number of aromatic nitrogens is 4. The van der Waals surface area contributed by atoms with E-state index in [0.29, 0.717) is 11.4 Å². The Labute approximate surface area is 215 Å². The van der Waals surface area contributed by atoms with Gasteiger partial charge in [0.1, 0.15) is 0 Å². The van der Waals surface area contributed by atoms with Gasteiger partial charge in [0.2, 0.25) is 10.0 Å². The summed E-state index contributed by atoms with van der Waals surface area (Å²) in [6, 6.07) is 7.93. The third-order valence-electron chi connectivity index (χ3n) is 7.09. The van der Waals surface area contributed by atoms with E-state index in [1.54, 1.807) is 16.4 Å². The smallest absolute Gasteiger partial charge is 0.243 e. The van der Waals surface area contributed by atoms with Crippen LogP contribution in [0.5, 0.6) is 0 Å². The maximum absolute atomic E-state index is 12.9. The van der Waals surface area contributed by atoms with Crippen molar-refractivity contribution in [3.05, 3.63) is 66.3 Å². The molecule has 0 spiro atoms. The Morgan fingerprint density at radius 3 is 2.08 bits per heavy atom. The van der Waals surface area contributed by atoms with Crippen LogP contribution in [0.15, 0.2) is 54.2 Å². The second kappa shape index (κ2) is 12.2. The van der Waals surface area contributed by atoms with Crippen molar-refractivity contribution in [2.75, 3.05) is 13.1 Å². The highest BCUT2D eigenvalue weighted by Crippen LogP contribution is 2.28. The fourth-order valence-corrected chi connectivity index (χ4v) is 6.78. The molecule has 1 aromatic carbocycles. The van der Waals surface area contributed by atoms with Gasteiger partial charge < -0.3 is 14.5 Å². The van der Waals surface area contributed by atoms with Crippen LogP contribution in [0.3, 0.4) is 0 Å². The third kappa shape index (κ3) is 7.05. The minimum atomic E-state index is -3.40. The van der Waals surface area contributed by atoms with Gasteiger partial charge in [-0.3, -0.25) is 0 Å². The second-order valence-corrected chi connectivity index (χ2v) is 12.0. The zero-order valence-electron chi connectivity index (χ0n) is 21.8. The van der Waals surface area contributed by atoms with Gasteiger partial charge in [0.25, 0.3) is 0 Å². The molecule has 36 heavy (non-hydrogen) atoms. The number of aryl methyl sites for hydroxylation is 5. The molecule has 3 aromatic rings. The number of hydrogen-bond acceptors (Lipinski definition) is 5. The summed E-state index contributed by atoms with van der Waals surface area (Å²) >= 11 is 0. The van der Waals surface area contributed by atoms with E-state index in [0.717, 1.165) is 55.3 Å². The Kier molecular flexibility index (Phi) is 8.98. The lowest BCUT2D eigenvalue weighted by atomic mass is 10.1. The quantitative estimate of drug-likeness (QED) is 0.492. The third-order valence-corrected chi connectivity index (χ3v) is 9.06. The second-order valence-electron chi connectivity index (χ2n) is 10.1. The molecule has 196 valence electrons. The van der Waals surface area contributed by atoms with E-state index in [-0.39, 0.29) is 6.04 Å². The van der Waals surface area contributed by atoms with Crippen LogP contribution in [0.4, 0.5) is 0 Å². The van der Waals surface area contributed by atoms with Crippen LogP contribution >= 0.6 is 0 Å². The summed E-state index contributed by atoms with van der Waals surface area (Å²) in [7, 11) is -3.40. The lowest BCUT2D eigenvalue weighted by Gasteiger charge is -2.24. The van der Waals surface area contributed by atoms with Gasteiger partial charge in [-0.1, -0.05) is 17.7 Å². The van der Waals surface area contributed by atoms with Crippen molar-refractivity contribution in [1.29, 1.82) is 0 Å². The minimum Gasteiger partial charge on any atom is -0.337 e. The van der Waals surface area contributed by atoms with E-state index in [1.165, 1.54) is 25.8 Å². The molecule has 9 heteroatoms. The summed E-state index contributed by atoms with van der Waals surface area (Å²) in [6.45, 7) is 9.66. The first-order valence-electron chi connectivity index (χ1n) is 13.1. The molecule has 2 atom stereocenters. The van der Waals surface area contributed by atoms with Gasteiger partial charge in [0.05, 0.1) is 28.9 Å². The lowest BCUT2D eigenvalue weighted by molar-refractivity contribution is 0.356. The number of benzene rings is 1. The van der Waals surface area contributed by atoms with Crippen LogP contribution in [0.1, 0.15) is 55.5 Å². The molecular weight excluding hydrogens is 472 g/mol. The van der Waals surface area contributed by atoms with E-state index in [4.69, 9.17) is 0 Å². The normalized spacial score (nSPS) is 20.4. The van der Waals surface area contributed by atoms with E-state index >= 15 is 0 Å². The first kappa shape index (κ1) is 26.6. The highest BCUT2D eigenvalue weighted by Gasteiger charge is 2.34. The molecule has 1 N–H and O–H groups in total. The highest BCUT2D eigenvalue weighted by atomic mass is 32.2. The molecule has 2 saturated heterocycles. The van der Waals surface area contributed by atoms with Crippen LogP contribution in [0.25, 0.3) is 0 Å². The van der Waals surface area contributed by atoms with Crippen molar-refractivity contribution in [1.82, 2.24) is 28.7 Å². The summed E-state index contributed by atoms with van der Waals surface area (Å²) < 4.78 is 31.6. The largest absolute Gasteiger partial charge is 0.337 e. The summed E-state index contributed by atoms with van der Waals surface area (Å²) in [4.78, 5) is 8.82. The summed E-state index contributed by atoms with van der Waals surface area (Å²) in [5, 5.41) is 3.50. The van der Waals surface area contributed by atoms with Crippen LogP contribution in [0, 0.1) is 20.8 Å². The number of imidazole rings is 2. The maximum Gasteiger partial charge on any atom is 0.243 e. The Balaban J connectivity index is 0.000000197. The molecule has 2 aliphatic heterocycles. The predicted molar refractivity (Wildman–Crippen MR) is 142 cm³/mol. The van der Waals surface area contributed by atoms with Crippen molar-refractivity contribution < 1.29 is 8.42 Å². The molecule has 0 amide bonds. The van der Waals surface area contributed by atoms with Gasteiger partial charge >= 0.3 is 0 Å². The number of sulfonamides is 1. The lowest BCUT2D eigenvalue weighted by Crippen LogP contribution is -2.36. The standard InChI is InChI=1S/C17H23N3O2S.C10H17N3/c1-14-5-7-17(8-6-14)23(21,22)20-10-3-4-16(20)9-11-19-12-15(2)18-13-19;1-9-7-13(8-12-9)6-4-10-3-2-5-11-10/h5-8,12-13,16H,3-4,9-11H2,1-2H3;7-8,10-11H,2-6H2,1H3/t16-;10-/m00/s1. The van der Waals surface area contributed by atoms with Gasteiger partial charge in [-0.15, -0.1) is 0 Å². The van der Waals surface area contributed by atoms with Crippen molar-refractivity contribution in [2.45, 2.75) is 89.4 Å². The van der Waals surface area contributed by atoms with Crippen molar-refractivity contribution in [2.24, 2.45) is 0 Å². The van der Waals surface area contributed by atoms with Gasteiger partial charge in [0, 0.05) is 44.1 Å². The van der Waals surface area contributed by atoms with Crippen LogP contribution in [-0.2, 0) is 23.1 Å². The van der Waals surface area contributed by atoms with E-state index < -0.39 is 10.0 Å². The Morgan fingerprint density at radius 2 is 1.53 bits per heavy atom. The Hall–Kier alpha value is -2.49. The van der Waals surface area contributed by atoms with Crippen molar-refractivity contribution in [3.8, 4) is 0 Å². The van der Waals surface area contributed by atoms with Crippen LogP contribution in [0.2, 0.25) is 0 Å². The topological polar surface area (TPSA) is 85.0 Å². The van der Waals surface area contributed by atoms with Gasteiger partial charge in [0.15, 0.2) is 0 Å². The highest BCUT2D eigenvalue weighted by molar-refractivity contribution is 7.89. The SMILES string of the molecule is Cc1ccc(S(=O)(=O)N2CCC[C@H]2CCn2cnc(C)c2)cc1.Cc1cn(CC[C@@H]2CCCN2)cn1. The van der Waals surface area contributed by atoms with E-state index in [1.807, 2.05) is 56.3 Å². The maximum atomic E-state index is 12.9. The molecule has 0 unspecified atom stereocenters. The van der Waals surface area contributed by atoms with Crippen molar-refractivity contribution in [3.63, 3.8) is 0 Å². The number of nitrogens with zero attached hydrogens (tertiary/aromatic N) is 5. The molecule has 8 nitrogen and oxygen atoms in total. The molecule has 0 aliphatic carbocycles. The van der Waals surface area contributed by atoms with Gasteiger partial charge in [-0.25, -0.2) is 18.4 Å². The predicted octanol–water partition coefficient (Wildman–Crippen LogP) is 4.08. The van der Waals surface area contributed by atoms with Crippen LogP contribution < -0.4 is 5.32 Å². The minimum absolute atomic E-state index is 0.0732. The monoisotopic (exact) mass is 512 g/mol. The fraction of sp³-hybridized carbons (Fsp3) is 0.556. The molecular formula is C27H40N6O2S. The molecule has 2 aliphatic rings. The summed E-state index contributed by atoms with van der Waals surface area (Å²) in [5.41, 5.74) is 3.16. The molecule has 0 saturated carbocycles. The zero-order valence-corrected chi connectivity index (χ0v) is 22.6. The Morgan fingerprint density at radius 1 is 0.889 bits per heavy atom. The fourth-order valence-electron chi connectivity index (χ4n) is 5.05. The first-order chi connectivity index (χ1) is 17.3. The average molecular weight is 513 g/mol. The zero-order chi connectivity index (χ0) is 25.5. The summed E-state index contributed by atoms with van der Waals surface area (Å²) in [5.74, 6) is 0.